The molecule has 0 aromatic carbocycles. The first-order chi connectivity index (χ1) is 6.32. The monoisotopic (exact) mass is 208 g/mol. The molecule has 76 valence electrons. The molecule has 0 aliphatic rings. The van der Waals surface area contributed by atoms with E-state index in [0.717, 1.165) is 0 Å². The van der Waals surface area contributed by atoms with Gasteiger partial charge in [-0.2, -0.15) is 13.2 Å². The summed E-state index contributed by atoms with van der Waals surface area (Å²) in [7, 11) is 0. The number of nitrogens with zero attached hydrogens (tertiary/aromatic N) is 2. The van der Waals surface area contributed by atoms with E-state index in [2.05, 4.69) is 4.98 Å². The highest BCUT2D eigenvalue weighted by atomic mass is 19.4. The number of pyridine rings is 1. The number of aromatic nitrogens is 1. The van der Waals surface area contributed by atoms with Crippen LogP contribution in [0.25, 0.3) is 0 Å². The van der Waals surface area contributed by atoms with E-state index in [1.54, 1.807) is 0 Å². The summed E-state index contributed by atoms with van der Waals surface area (Å²) < 4.78 is 36.1. The predicted molar refractivity (Wildman–Crippen MR) is 37.6 cm³/mol. The first-order valence-electron chi connectivity index (χ1n) is 3.24. The second-order valence-electron chi connectivity index (χ2n) is 2.29. The SMILES string of the molecule is O=[N+]([O-])c1ccc(O)c(C(F)(F)F)n1. The summed E-state index contributed by atoms with van der Waals surface area (Å²) in [6.45, 7) is 0. The quantitative estimate of drug-likeness (QED) is 0.563. The van der Waals surface area contributed by atoms with Crippen molar-refractivity contribution in [3.63, 3.8) is 0 Å². The van der Waals surface area contributed by atoms with Crippen molar-refractivity contribution < 1.29 is 23.2 Å². The molecule has 0 aliphatic carbocycles. The fourth-order valence-electron chi connectivity index (χ4n) is 0.752. The molecule has 0 unspecified atom stereocenters. The maximum atomic E-state index is 12.0. The van der Waals surface area contributed by atoms with E-state index in [-0.39, 0.29) is 0 Å². The molecular formula is C6H3F3N2O3. The summed E-state index contributed by atoms with van der Waals surface area (Å²) in [6.07, 6.45) is -4.91. The summed E-state index contributed by atoms with van der Waals surface area (Å²) in [4.78, 5) is 11.7. The molecule has 0 aliphatic heterocycles. The Labute approximate surface area is 75.0 Å². The summed E-state index contributed by atoms with van der Waals surface area (Å²) in [5.41, 5.74) is -1.66. The van der Waals surface area contributed by atoms with Gasteiger partial charge in [0.2, 0.25) is 0 Å². The Morgan fingerprint density at radius 3 is 2.43 bits per heavy atom. The molecular weight excluding hydrogens is 205 g/mol. The van der Waals surface area contributed by atoms with E-state index in [0.29, 0.717) is 12.1 Å². The van der Waals surface area contributed by atoms with Gasteiger partial charge in [-0.15, -0.1) is 0 Å². The van der Waals surface area contributed by atoms with Crippen LogP contribution in [0.4, 0.5) is 19.0 Å². The van der Waals surface area contributed by atoms with Gasteiger partial charge in [-0.05, 0) is 16.0 Å². The smallest absolute Gasteiger partial charge is 0.461 e. The standard InChI is InChI=1S/C6H3F3N2O3/c7-6(8,9)5-3(12)1-2-4(10-5)11(13)14/h1-2,12H. The first-order valence-corrected chi connectivity index (χ1v) is 3.24. The molecule has 0 amide bonds. The predicted octanol–water partition coefficient (Wildman–Crippen LogP) is 1.71. The van der Waals surface area contributed by atoms with Gasteiger partial charge in [0.1, 0.15) is 0 Å². The molecule has 0 bridgehead atoms. The number of alkyl halides is 3. The number of rotatable bonds is 1. The minimum absolute atomic E-state index is 0.577. The van der Waals surface area contributed by atoms with Crippen LogP contribution >= 0.6 is 0 Å². The van der Waals surface area contributed by atoms with Gasteiger partial charge in [-0.1, -0.05) is 0 Å². The zero-order chi connectivity index (χ0) is 10.9. The summed E-state index contributed by atoms with van der Waals surface area (Å²) in [5.74, 6) is -2.10. The average Bonchev–Trinajstić information content (AvgIpc) is 2.02. The van der Waals surface area contributed by atoms with E-state index < -0.39 is 28.4 Å². The third kappa shape index (κ3) is 1.90. The van der Waals surface area contributed by atoms with Gasteiger partial charge in [-0.3, -0.25) is 0 Å². The maximum Gasteiger partial charge on any atom is 0.461 e. The second-order valence-corrected chi connectivity index (χ2v) is 2.29. The number of hydrogen-bond donors (Lipinski definition) is 1. The molecule has 0 fully saturated rings. The van der Waals surface area contributed by atoms with Gasteiger partial charge >= 0.3 is 12.0 Å². The van der Waals surface area contributed by atoms with E-state index in [4.69, 9.17) is 5.11 Å². The second kappa shape index (κ2) is 3.13. The Balaban J connectivity index is 3.29. The molecule has 1 heterocycles. The van der Waals surface area contributed by atoms with Gasteiger partial charge in [0.15, 0.2) is 5.75 Å². The topological polar surface area (TPSA) is 76.3 Å². The van der Waals surface area contributed by atoms with E-state index in [9.17, 15) is 23.3 Å². The highest BCUT2D eigenvalue weighted by Gasteiger charge is 2.41. The molecule has 1 N–H and O–H groups in total. The van der Waals surface area contributed by atoms with Crippen molar-refractivity contribution in [1.29, 1.82) is 0 Å². The van der Waals surface area contributed by atoms with E-state index in [1.807, 2.05) is 0 Å². The van der Waals surface area contributed by atoms with Gasteiger partial charge in [0, 0.05) is 6.07 Å². The Bertz CT molecular complexity index is 377. The lowest BCUT2D eigenvalue weighted by Crippen LogP contribution is -2.09. The van der Waals surface area contributed by atoms with Crippen LogP contribution in [0.5, 0.6) is 5.75 Å². The molecule has 8 heteroatoms. The Morgan fingerprint density at radius 1 is 1.43 bits per heavy atom. The summed E-state index contributed by atoms with van der Waals surface area (Å²) >= 11 is 0. The maximum absolute atomic E-state index is 12.0. The molecule has 0 spiro atoms. The average molecular weight is 208 g/mol. The molecule has 0 saturated heterocycles. The molecule has 0 saturated carbocycles. The van der Waals surface area contributed by atoms with Crippen LogP contribution in [0.3, 0.4) is 0 Å². The minimum atomic E-state index is -4.91. The lowest BCUT2D eigenvalue weighted by Gasteiger charge is -2.02. The third-order valence-electron chi connectivity index (χ3n) is 1.31. The third-order valence-corrected chi connectivity index (χ3v) is 1.31. The Morgan fingerprint density at radius 2 is 2.00 bits per heavy atom. The van der Waals surface area contributed by atoms with Crippen molar-refractivity contribution in [1.82, 2.24) is 4.98 Å². The van der Waals surface area contributed by atoms with Crippen LogP contribution in [0.15, 0.2) is 12.1 Å². The number of aromatic hydroxyl groups is 1. The van der Waals surface area contributed by atoms with Crippen LogP contribution in [0, 0.1) is 10.1 Å². The largest absolute Gasteiger partial charge is 0.504 e. The van der Waals surface area contributed by atoms with Gasteiger partial charge < -0.3 is 15.2 Å². The number of hydrogen-bond acceptors (Lipinski definition) is 4. The zero-order valence-corrected chi connectivity index (χ0v) is 6.45. The van der Waals surface area contributed by atoms with E-state index in [1.165, 1.54) is 0 Å². The lowest BCUT2D eigenvalue weighted by atomic mass is 10.3. The molecule has 1 aromatic heterocycles. The normalized spacial score (nSPS) is 11.4. The molecule has 14 heavy (non-hydrogen) atoms. The number of halogens is 3. The fraction of sp³-hybridized carbons (Fsp3) is 0.167. The Hall–Kier alpha value is -1.86. The number of nitro groups is 1. The van der Waals surface area contributed by atoms with Gasteiger partial charge in [0.05, 0.1) is 0 Å². The van der Waals surface area contributed by atoms with Crippen molar-refractivity contribution >= 4 is 5.82 Å². The molecule has 0 radical (unpaired) electrons. The molecule has 1 aromatic rings. The van der Waals surface area contributed by atoms with E-state index >= 15 is 0 Å². The van der Waals surface area contributed by atoms with Crippen molar-refractivity contribution in [3.8, 4) is 5.75 Å². The van der Waals surface area contributed by atoms with Crippen molar-refractivity contribution in [2.24, 2.45) is 0 Å². The lowest BCUT2D eigenvalue weighted by molar-refractivity contribution is -0.390. The molecule has 1 rings (SSSR count). The Kier molecular flexibility index (Phi) is 2.28. The van der Waals surface area contributed by atoms with Crippen LogP contribution in [-0.4, -0.2) is 15.0 Å². The van der Waals surface area contributed by atoms with Crippen molar-refractivity contribution in [2.45, 2.75) is 6.18 Å². The van der Waals surface area contributed by atoms with Crippen LogP contribution in [0.2, 0.25) is 0 Å². The van der Waals surface area contributed by atoms with Crippen LogP contribution < -0.4 is 0 Å². The van der Waals surface area contributed by atoms with Crippen LogP contribution in [0.1, 0.15) is 5.69 Å². The highest BCUT2D eigenvalue weighted by Crippen LogP contribution is 2.34. The van der Waals surface area contributed by atoms with Crippen molar-refractivity contribution in [3.05, 3.63) is 27.9 Å². The minimum Gasteiger partial charge on any atom is -0.504 e. The van der Waals surface area contributed by atoms with Gasteiger partial charge in [-0.25, -0.2) is 0 Å². The molecule has 5 nitrogen and oxygen atoms in total. The highest BCUT2D eigenvalue weighted by molar-refractivity contribution is 5.34. The zero-order valence-electron chi connectivity index (χ0n) is 6.45. The van der Waals surface area contributed by atoms with Crippen LogP contribution in [-0.2, 0) is 6.18 Å². The van der Waals surface area contributed by atoms with Gasteiger partial charge in [0.25, 0.3) is 5.69 Å². The first kappa shape index (κ1) is 10.2. The fourth-order valence-corrected chi connectivity index (χ4v) is 0.752. The summed E-state index contributed by atoms with van der Waals surface area (Å²) in [5, 5.41) is 18.8. The van der Waals surface area contributed by atoms with Crippen molar-refractivity contribution in [2.75, 3.05) is 0 Å². The summed E-state index contributed by atoms with van der Waals surface area (Å²) in [6, 6.07) is 1.26. The molecule has 0 atom stereocenters.